The maximum Gasteiger partial charge on any atom is 0.244 e. The number of hydrogen-bond donors (Lipinski definition) is 2. The molecule has 0 radical (unpaired) electrons. The Bertz CT molecular complexity index is 740. The van der Waals surface area contributed by atoms with Gasteiger partial charge in [0.1, 0.15) is 4.90 Å². The fourth-order valence-electron chi connectivity index (χ4n) is 2.24. The van der Waals surface area contributed by atoms with Crippen molar-refractivity contribution in [3.8, 4) is 0 Å². The summed E-state index contributed by atoms with van der Waals surface area (Å²) < 4.78 is 27.6. The first-order chi connectivity index (χ1) is 9.83. The molecule has 0 bridgehead atoms. The minimum atomic E-state index is -3.79. The number of sulfonamides is 1. The van der Waals surface area contributed by atoms with Crippen LogP contribution in [0.5, 0.6) is 0 Å². The van der Waals surface area contributed by atoms with Crippen molar-refractivity contribution in [3.05, 3.63) is 58.6 Å². The van der Waals surface area contributed by atoms with E-state index in [1.165, 1.54) is 12.1 Å². The number of nitrogens with two attached hydrogens (primary N) is 1. The van der Waals surface area contributed by atoms with Gasteiger partial charge in [0, 0.05) is 6.04 Å². The molecule has 0 aliphatic rings. The Morgan fingerprint density at radius 1 is 1.14 bits per heavy atom. The molecule has 2 rings (SSSR count). The first-order valence-corrected chi connectivity index (χ1v) is 8.31. The summed E-state index contributed by atoms with van der Waals surface area (Å²) in [6.07, 6.45) is 0. The summed E-state index contributed by atoms with van der Waals surface area (Å²) in [6, 6.07) is 11.9. The topological polar surface area (TPSA) is 72.2 Å². The monoisotopic (exact) mass is 324 g/mol. The Morgan fingerprint density at radius 3 is 2.43 bits per heavy atom. The first-order valence-electron chi connectivity index (χ1n) is 6.45. The lowest BCUT2D eigenvalue weighted by Gasteiger charge is -2.18. The fourth-order valence-corrected chi connectivity index (χ4v) is 4.14. The second-order valence-electron chi connectivity index (χ2n) is 4.86. The molecule has 4 nitrogen and oxygen atoms in total. The molecule has 0 saturated heterocycles. The van der Waals surface area contributed by atoms with E-state index in [9.17, 15) is 8.42 Å². The molecular formula is C15H17ClN2O2S. The molecule has 0 saturated carbocycles. The van der Waals surface area contributed by atoms with Gasteiger partial charge in [0.2, 0.25) is 10.0 Å². The van der Waals surface area contributed by atoms with Crippen LogP contribution in [0.2, 0.25) is 5.02 Å². The van der Waals surface area contributed by atoms with Crippen LogP contribution >= 0.6 is 11.6 Å². The van der Waals surface area contributed by atoms with E-state index >= 15 is 0 Å². The molecule has 0 aliphatic carbocycles. The summed E-state index contributed by atoms with van der Waals surface area (Å²) in [6.45, 7) is 3.72. The third kappa shape index (κ3) is 3.37. The Morgan fingerprint density at radius 2 is 1.81 bits per heavy atom. The zero-order valence-corrected chi connectivity index (χ0v) is 13.4. The lowest BCUT2D eigenvalue weighted by atomic mass is 10.0. The van der Waals surface area contributed by atoms with Crippen LogP contribution in [0.15, 0.2) is 47.4 Å². The third-order valence-electron chi connectivity index (χ3n) is 3.25. The van der Waals surface area contributed by atoms with Crippen LogP contribution < -0.4 is 10.5 Å². The smallest absolute Gasteiger partial charge is 0.244 e. The zero-order chi connectivity index (χ0) is 15.6. The summed E-state index contributed by atoms with van der Waals surface area (Å²) in [4.78, 5) is -0.0768. The van der Waals surface area contributed by atoms with Gasteiger partial charge in [-0.2, -0.15) is 0 Å². The van der Waals surface area contributed by atoms with E-state index < -0.39 is 10.0 Å². The highest BCUT2D eigenvalue weighted by Gasteiger charge is 2.24. The van der Waals surface area contributed by atoms with Gasteiger partial charge in [0.05, 0.1) is 10.7 Å². The molecule has 1 atom stereocenters. The van der Waals surface area contributed by atoms with Gasteiger partial charge in [0.15, 0.2) is 0 Å². The third-order valence-corrected chi connectivity index (χ3v) is 5.34. The van der Waals surface area contributed by atoms with Crippen molar-refractivity contribution < 1.29 is 8.42 Å². The number of rotatable bonds is 4. The predicted molar refractivity (Wildman–Crippen MR) is 85.8 cm³/mol. The standard InChI is InChI=1S/C15H17ClN2O2S/c1-10-6-3-4-7-12(10)11(2)18-21(19,20)15-13(16)8-5-9-14(15)17/h3-9,11,18H,17H2,1-2H3. The van der Waals surface area contributed by atoms with Gasteiger partial charge >= 0.3 is 0 Å². The average molecular weight is 325 g/mol. The van der Waals surface area contributed by atoms with Crippen LogP contribution in [0.3, 0.4) is 0 Å². The van der Waals surface area contributed by atoms with Crippen molar-refractivity contribution in [2.75, 3.05) is 5.73 Å². The molecule has 3 N–H and O–H groups in total. The Hall–Kier alpha value is -1.56. The number of benzene rings is 2. The number of hydrogen-bond acceptors (Lipinski definition) is 3. The molecule has 1 unspecified atom stereocenters. The van der Waals surface area contributed by atoms with Crippen molar-refractivity contribution in [2.45, 2.75) is 24.8 Å². The highest BCUT2D eigenvalue weighted by atomic mass is 35.5. The van der Waals surface area contributed by atoms with E-state index in [0.29, 0.717) is 0 Å². The normalized spacial score (nSPS) is 13.1. The first kappa shape index (κ1) is 15.8. The van der Waals surface area contributed by atoms with Gasteiger partial charge in [-0.25, -0.2) is 13.1 Å². The Labute approximate surface area is 130 Å². The lowest BCUT2D eigenvalue weighted by Crippen LogP contribution is -2.28. The SMILES string of the molecule is Cc1ccccc1C(C)NS(=O)(=O)c1c(N)cccc1Cl. The molecule has 2 aromatic rings. The quantitative estimate of drug-likeness (QED) is 0.848. The highest BCUT2D eigenvalue weighted by molar-refractivity contribution is 7.89. The van der Waals surface area contributed by atoms with Crippen molar-refractivity contribution in [3.63, 3.8) is 0 Å². The average Bonchev–Trinajstić information content (AvgIpc) is 2.37. The number of nitrogens with one attached hydrogen (secondary N) is 1. The predicted octanol–water partition coefficient (Wildman–Crippen LogP) is 3.27. The van der Waals surface area contributed by atoms with Gasteiger partial charge in [-0.05, 0) is 37.1 Å². The lowest BCUT2D eigenvalue weighted by molar-refractivity contribution is 0.567. The van der Waals surface area contributed by atoms with Gasteiger partial charge < -0.3 is 5.73 Å². The second kappa shape index (κ2) is 6.05. The molecule has 0 aliphatic heterocycles. The summed E-state index contributed by atoms with van der Waals surface area (Å²) in [7, 11) is -3.79. The van der Waals surface area contributed by atoms with Crippen molar-refractivity contribution in [1.29, 1.82) is 0 Å². The van der Waals surface area contributed by atoms with Crippen LogP contribution in [0.1, 0.15) is 24.1 Å². The molecule has 6 heteroatoms. The molecule has 0 spiro atoms. The summed E-state index contributed by atoms with van der Waals surface area (Å²) in [5.41, 5.74) is 7.80. The molecule has 112 valence electrons. The molecule has 21 heavy (non-hydrogen) atoms. The van der Waals surface area contributed by atoms with E-state index in [1.54, 1.807) is 13.0 Å². The van der Waals surface area contributed by atoms with E-state index in [2.05, 4.69) is 4.72 Å². The minimum absolute atomic E-state index is 0.0768. The van der Waals surface area contributed by atoms with Gasteiger partial charge in [-0.15, -0.1) is 0 Å². The number of halogens is 1. The van der Waals surface area contributed by atoms with E-state index in [4.69, 9.17) is 17.3 Å². The largest absolute Gasteiger partial charge is 0.398 e. The van der Waals surface area contributed by atoms with E-state index in [1.807, 2.05) is 31.2 Å². The fraction of sp³-hybridized carbons (Fsp3) is 0.200. The summed E-state index contributed by atoms with van der Waals surface area (Å²) >= 11 is 5.98. The molecule has 0 fully saturated rings. The summed E-state index contributed by atoms with van der Waals surface area (Å²) in [5.74, 6) is 0. The van der Waals surface area contributed by atoms with Gasteiger partial charge in [-0.1, -0.05) is 41.9 Å². The zero-order valence-electron chi connectivity index (χ0n) is 11.8. The second-order valence-corrected chi connectivity index (χ2v) is 6.92. The van der Waals surface area contributed by atoms with Crippen LogP contribution in [0.4, 0.5) is 5.69 Å². The van der Waals surface area contributed by atoms with Crippen LogP contribution in [-0.2, 0) is 10.0 Å². The molecule has 2 aromatic carbocycles. The van der Waals surface area contributed by atoms with Gasteiger partial charge in [-0.3, -0.25) is 0 Å². The number of anilines is 1. The van der Waals surface area contributed by atoms with Crippen molar-refractivity contribution in [1.82, 2.24) is 4.72 Å². The van der Waals surface area contributed by atoms with E-state index in [-0.39, 0.29) is 21.6 Å². The van der Waals surface area contributed by atoms with Crippen molar-refractivity contribution >= 4 is 27.3 Å². The maximum atomic E-state index is 12.5. The molecule has 0 heterocycles. The van der Waals surface area contributed by atoms with Crippen LogP contribution in [-0.4, -0.2) is 8.42 Å². The molecule has 0 aromatic heterocycles. The van der Waals surface area contributed by atoms with Crippen LogP contribution in [0.25, 0.3) is 0 Å². The van der Waals surface area contributed by atoms with E-state index in [0.717, 1.165) is 11.1 Å². The Kier molecular flexibility index (Phi) is 4.56. The molecule has 0 amide bonds. The summed E-state index contributed by atoms with van der Waals surface area (Å²) in [5, 5.41) is 0.111. The Balaban J connectivity index is 2.36. The maximum absolute atomic E-state index is 12.5. The van der Waals surface area contributed by atoms with Crippen LogP contribution in [0, 0.1) is 6.92 Å². The van der Waals surface area contributed by atoms with Gasteiger partial charge in [0.25, 0.3) is 0 Å². The molecular weight excluding hydrogens is 308 g/mol. The highest BCUT2D eigenvalue weighted by Crippen LogP contribution is 2.28. The number of aryl methyl sites for hydroxylation is 1. The van der Waals surface area contributed by atoms with Crippen molar-refractivity contribution in [2.24, 2.45) is 0 Å². The minimum Gasteiger partial charge on any atom is -0.398 e. The number of nitrogen functional groups attached to an aromatic ring is 1.